The summed E-state index contributed by atoms with van der Waals surface area (Å²) in [6, 6.07) is 13.6. The molecule has 2 aromatic heterocycles. The number of carbonyl (C=O) groups is 2. The highest BCUT2D eigenvalue weighted by atomic mass is 16.5. The summed E-state index contributed by atoms with van der Waals surface area (Å²) >= 11 is 0. The smallest absolute Gasteiger partial charge is 0.290 e. The van der Waals surface area contributed by atoms with Crippen LogP contribution in [0.2, 0.25) is 0 Å². The molecule has 7 heteroatoms. The first-order chi connectivity index (χ1) is 15.7. The molecular weight excluding hydrogens is 406 g/mol. The maximum atomic E-state index is 13.6. The van der Waals surface area contributed by atoms with Crippen LogP contribution in [0.5, 0.6) is 5.75 Å². The van der Waals surface area contributed by atoms with Crippen molar-refractivity contribution in [2.24, 2.45) is 0 Å². The number of carbonyl (C=O) groups excluding carboxylic acids is 2. The minimum atomic E-state index is -0.846. The van der Waals surface area contributed by atoms with Crippen LogP contribution < -0.4 is 10.1 Å². The number of furan rings is 1. The molecule has 0 saturated heterocycles. The van der Waals surface area contributed by atoms with E-state index in [1.165, 1.54) is 11.2 Å². The summed E-state index contributed by atoms with van der Waals surface area (Å²) in [5.41, 5.74) is 1.48. The number of hydrogen-bond donors (Lipinski definition) is 1. The summed E-state index contributed by atoms with van der Waals surface area (Å²) < 4.78 is 10.9. The largest absolute Gasteiger partial charge is 0.496 e. The number of hydrogen-bond acceptors (Lipinski definition) is 5. The summed E-state index contributed by atoms with van der Waals surface area (Å²) in [4.78, 5) is 32.8. The molecule has 0 aliphatic heterocycles. The Hall–Kier alpha value is -3.61. The molecule has 1 aromatic carbocycles. The first-order valence-electron chi connectivity index (χ1n) is 10.8. The Morgan fingerprint density at radius 2 is 1.88 bits per heavy atom. The van der Waals surface area contributed by atoms with Crippen LogP contribution in [0.3, 0.4) is 0 Å². The summed E-state index contributed by atoms with van der Waals surface area (Å²) in [5, 5.41) is 3.16. The highest BCUT2D eigenvalue weighted by molar-refractivity contribution is 5.96. The van der Waals surface area contributed by atoms with Crippen LogP contribution in [-0.2, 0) is 11.3 Å². The first kappa shape index (κ1) is 21.6. The number of methoxy groups -OCH3 is 1. The van der Waals surface area contributed by atoms with Crippen LogP contribution in [-0.4, -0.2) is 34.8 Å². The van der Waals surface area contributed by atoms with Crippen LogP contribution in [0.4, 0.5) is 0 Å². The van der Waals surface area contributed by atoms with Gasteiger partial charge in [0, 0.05) is 24.0 Å². The third-order valence-corrected chi connectivity index (χ3v) is 5.81. The third-order valence-electron chi connectivity index (χ3n) is 5.81. The van der Waals surface area contributed by atoms with Gasteiger partial charge in [0.05, 0.1) is 19.9 Å². The number of amides is 2. The lowest BCUT2D eigenvalue weighted by Crippen LogP contribution is -2.45. The van der Waals surface area contributed by atoms with Gasteiger partial charge in [-0.2, -0.15) is 0 Å². The standard InChI is InChI=1S/C25H27N3O4/c1-31-21-10-5-2-7-19(21)17-28(25(30)22-11-6-16-32-22)23(18-12-14-26-15-13-18)24(29)27-20-8-3-4-9-20/h2,5-7,10-16,20,23H,3-4,8-9,17H2,1H3,(H,27,29)/t23-/m1/s1. The molecule has 1 aliphatic rings. The topological polar surface area (TPSA) is 84.7 Å². The maximum Gasteiger partial charge on any atom is 0.290 e. The normalized spacial score (nSPS) is 14.7. The minimum absolute atomic E-state index is 0.124. The zero-order chi connectivity index (χ0) is 22.3. The zero-order valence-electron chi connectivity index (χ0n) is 18.1. The molecule has 1 fully saturated rings. The molecule has 0 spiro atoms. The van der Waals surface area contributed by atoms with Crippen molar-refractivity contribution in [1.82, 2.24) is 15.2 Å². The molecular formula is C25H27N3O4. The van der Waals surface area contributed by atoms with Crippen LogP contribution >= 0.6 is 0 Å². The van der Waals surface area contributed by atoms with E-state index in [-0.39, 0.29) is 30.2 Å². The first-order valence-corrected chi connectivity index (χ1v) is 10.8. The van der Waals surface area contributed by atoms with E-state index < -0.39 is 6.04 Å². The van der Waals surface area contributed by atoms with Crippen molar-refractivity contribution in [3.05, 3.63) is 84.1 Å². The van der Waals surface area contributed by atoms with Crippen molar-refractivity contribution < 1.29 is 18.7 Å². The van der Waals surface area contributed by atoms with Crippen molar-refractivity contribution in [3.63, 3.8) is 0 Å². The average Bonchev–Trinajstić information content (AvgIpc) is 3.54. The van der Waals surface area contributed by atoms with Crippen LogP contribution in [0.15, 0.2) is 71.6 Å². The number of aromatic nitrogens is 1. The summed E-state index contributed by atoms with van der Waals surface area (Å²) in [7, 11) is 1.59. The Morgan fingerprint density at radius 3 is 2.56 bits per heavy atom. The van der Waals surface area contributed by atoms with Gasteiger partial charge in [-0.1, -0.05) is 31.0 Å². The monoisotopic (exact) mass is 433 g/mol. The number of nitrogens with zero attached hydrogens (tertiary/aromatic N) is 2. The number of para-hydroxylation sites is 1. The Bertz CT molecular complexity index is 1030. The fraction of sp³-hybridized carbons (Fsp3) is 0.320. The second-order valence-corrected chi connectivity index (χ2v) is 7.90. The Balaban J connectivity index is 1.74. The summed E-state index contributed by atoms with van der Waals surface area (Å²) in [5.74, 6) is 0.240. The maximum absolute atomic E-state index is 13.6. The Kier molecular flexibility index (Phi) is 6.84. The molecule has 0 radical (unpaired) electrons. The fourth-order valence-corrected chi connectivity index (χ4v) is 4.21. The number of nitrogens with one attached hydrogen (secondary N) is 1. The van der Waals surface area contributed by atoms with E-state index in [2.05, 4.69) is 10.3 Å². The lowest BCUT2D eigenvalue weighted by molar-refractivity contribution is -0.126. The third kappa shape index (κ3) is 4.82. The summed E-state index contributed by atoms with van der Waals surface area (Å²) in [6.07, 6.45) is 8.81. The second-order valence-electron chi connectivity index (χ2n) is 7.90. The van der Waals surface area contributed by atoms with Gasteiger partial charge in [0.2, 0.25) is 5.91 Å². The molecule has 0 bridgehead atoms. The van der Waals surface area contributed by atoms with Crippen molar-refractivity contribution >= 4 is 11.8 Å². The molecule has 7 nitrogen and oxygen atoms in total. The van der Waals surface area contributed by atoms with E-state index in [4.69, 9.17) is 9.15 Å². The van der Waals surface area contributed by atoms with Gasteiger partial charge < -0.3 is 19.4 Å². The van der Waals surface area contributed by atoms with Gasteiger partial charge in [-0.05, 0) is 48.7 Å². The average molecular weight is 434 g/mol. The van der Waals surface area contributed by atoms with Crippen molar-refractivity contribution in [1.29, 1.82) is 0 Å². The number of benzene rings is 1. The SMILES string of the molecule is COc1ccccc1CN(C(=O)c1ccco1)[C@@H](C(=O)NC1CCCC1)c1ccncc1. The summed E-state index contributed by atoms with van der Waals surface area (Å²) in [6.45, 7) is 0.175. The fourth-order valence-electron chi connectivity index (χ4n) is 4.21. The molecule has 1 atom stereocenters. The second kappa shape index (κ2) is 10.1. The lowest BCUT2D eigenvalue weighted by atomic mass is 10.0. The van der Waals surface area contributed by atoms with E-state index in [1.807, 2.05) is 24.3 Å². The zero-order valence-corrected chi connectivity index (χ0v) is 18.1. The molecule has 32 heavy (non-hydrogen) atoms. The molecule has 1 N–H and O–H groups in total. The van der Waals surface area contributed by atoms with Crippen molar-refractivity contribution in [2.75, 3.05) is 7.11 Å². The highest BCUT2D eigenvalue weighted by Gasteiger charge is 2.35. The van der Waals surface area contributed by atoms with Crippen LogP contribution in [0.1, 0.15) is 53.4 Å². The lowest BCUT2D eigenvalue weighted by Gasteiger charge is -2.32. The van der Waals surface area contributed by atoms with Crippen molar-refractivity contribution in [3.8, 4) is 5.75 Å². The predicted octanol–water partition coefficient (Wildman–Crippen LogP) is 4.13. The Labute approximate surface area is 187 Å². The molecule has 2 heterocycles. The molecule has 1 saturated carbocycles. The molecule has 166 valence electrons. The van der Waals surface area contributed by atoms with E-state index in [1.54, 1.807) is 43.8 Å². The van der Waals surface area contributed by atoms with Gasteiger partial charge in [0.15, 0.2) is 5.76 Å². The molecule has 1 aliphatic carbocycles. The van der Waals surface area contributed by atoms with Gasteiger partial charge in [-0.15, -0.1) is 0 Å². The van der Waals surface area contributed by atoms with Gasteiger partial charge in [0.1, 0.15) is 11.8 Å². The van der Waals surface area contributed by atoms with E-state index >= 15 is 0 Å². The van der Waals surface area contributed by atoms with E-state index in [9.17, 15) is 9.59 Å². The molecule has 0 unspecified atom stereocenters. The quantitative estimate of drug-likeness (QED) is 0.578. The highest BCUT2D eigenvalue weighted by Crippen LogP contribution is 2.29. The van der Waals surface area contributed by atoms with Gasteiger partial charge in [-0.25, -0.2) is 0 Å². The number of ether oxygens (including phenoxy) is 1. The van der Waals surface area contributed by atoms with Gasteiger partial charge in [-0.3, -0.25) is 14.6 Å². The van der Waals surface area contributed by atoms with Gasteiger partial charge in [0.25, 0.3) is 5.91 Å². The van der Waals surface area contributed by atoms with E-state index in [0.29, 0.717) is 11.3 Å². The number of pyridine rings is 1. The number of rotatable bonds is 8. The minimum Gasteiger partial charge on any atom is -0.496 e. The van der Waals surface area contributed by atoms with Crippen LogP contribution in [0.25, 0.3) is 0 Å². The van der Waals surface area contributed by atoms with E-state index in [0.717, 1.165) is 31.2 Å². The molecule has 3 aromatic rings. The Morgan fingerprint density at radius 1 is 1.12 bits per heavy atom. The van der Waals surface area contributed by atoms with Crippen LogP contribution in [0, 0.1) is 0 Å². The molecule has 2 amide bonds. The predicted molar refractivity (Wildman–Crippen MR) is 119 cm³/mol. The van der Waals surface area contributed by atoms with Gasteiger partial charge >= 0.3 is 0 Å². The molecule has 4 rings (SSSR count). The van der Waals surface area contributed by atoms with Crippen molar-refractivity contribution in [2.45, 2.75) is 44.3 Å².